The quantitative estimate of drug-likeness (QED) is 0.609. The Morgan fingerprint density at radius 2 is 2.31 bits per heavy atom. The monoisotopic (exact) mass is 222 g/mol. The molecule has 1 N–H and O–H groups in total. The van der Waals surface area contributed by atoms with Crippen molar-refractivity contribution in [3.63, 3.8) is 0 Å². The summed E-state index contributed by atoms with van der Waals surface area (Å²) in [5.74, 6) is 0. The van der Waals surface area contributed by atoms with Crippen LogP contribution in [-0.4, -0.2) is 17.6 Å². The van der Waals surface area contributed by atoms with Crippen molar-refractivity contribution in [3.8, 4) is 0 Å². The Kier molecular flexibility index (Phi) is 2.47. The van der Waals surface area contributed by atoms with Gasteiger partial charge in [0.05, 0.1) is 11.0 Å². The molecule has 1 aliphatic rings. The van der Waals surface area contributed by atoms with Crippen molar-refractivity contribution < 1.29 is 14.5 Å². The fraction of sp³-hybridized carbons (Fsp3) is 0.300. The number of hydrogen-bond acceptors (Lipinski definition) is 4. The lowest BCUT2D eigenvalue weighted by Crippen LogP contribution is -2.18. The lowest BCUT2D eigenvalue weighted by atomic mass is 10.0. The Morgan fingerprint density at radius 1 is 1.56 bits per heavy atom. The molecule has 1 amide bonds. The van der Waals surface area contributed by atoms with E-state index in [1.165, 1.54) is 6.07 Å². The molecule has 1 unspecified atom stereocenters. The van der Waals surface area contributed by atoms with Crippen LogP contribution in [0.1, 0.15) is 17.2 Å². The lowest BCUT2D eigenvalue weighted by Gasteiger charge is -2.08. The van der Waals surface area contributed by atoms with Gasteiger partial charge in [-0.25, -0.2) is 4.79 Å². The van der Waals surface area contributed by atoms with E-state index in [0.717, 1.165) is 5.56 Å². The number of carbonyl (C=O) groups excluding carboxylic acids is 1. The molecular weight excluding hydrogens is 212 g/mol. The van der Waals surface area contributed by atoms with Crippen LogP contribution >= 0.6 is 0 Å². The minimum atomic E-state index is -0.457. The molecule has 0 saturated carbocycles. The Bertz CT molecular complexity index is 458. The summed E-state index contributed by atoms with van der Waals surface area (Å²) in [6.07, 6.45) is -0.457. The molecule has 0 bridgehead atoms. The van der Waals surface area contributed by atoms with E-state index < -0.39 is 11.0 Å². The zero-order chi connectivity index (χ0) is 11.7. The van der Waals surface area contributed by atoms with Crippen LogP contribution in [0.25, 0.3) is 0 Å². The van der Waals surface area contributed by atoms with Crippen molar-refractivity contribution in [2.75, 3.05) is 6.61 Å². The minimum Gasteiger partial charge on any atom is -0.447 e. The number of carbonyl (C=O) groups is 1. The van der Waals surface area contributed by atoms with Gasteiger partial charge in [-0.1, -0.05) is 0 Å². The number of hydrogen-bond donors (Lipinski definition) is 1. The van der Waals surface area contributed by atoms with E-state index >= 15 is 0 Å². The number of benzene rings is 1. The number of nitrogens with one attached hydrogen (secondary N) is 1. The third-order valence-electron chi connectivity index (χ3n) is 2.49. The molecule has 2 rings (SSSR count). The van der Waals surface area contributed by atoms with Gasteiger partial charge in [-0.05, 0) is 24.6 Å². The van der Waals surface area contributed by atoms with Gasteiger partial charge >= 0.3 is 6.09 Å². The zero-order valence-electron chi connectivity index (χ0n) is 8.60. The number of ether oxygens (including phenoxy) is 1. The molecular formula is C10H10N2O4. The Labute approximate surface area is 91.4 Å². The van der Waals surface area contributed by atoms with Gasteiger partial charge in [-0.15, -0.1) is 0 Å². The van der Waals surface area contributed by atoms with Crippen molar-refractivity contribution in [2.24, 2.45) is 0 Å². The van der Waals surface area contributed by atoms with E-state index in [1.807, 2.05) is 0 Å². The first-order chi connectivity index (χ1) is 7.58. The molecule has 84 valence electrons. The first kappa shape index (κ1) is 10.4. The van der Waals surface area contributed by atoms with Gasteiger partial charge in [0, 0.05) is 11.6 Å². The second-order valence-corrected chi connectivity index (χ2v) is 3.60. The molecule has 1 atom stereocenters. The molecule has 16 heavy (non-hydrogen) atoms. The zero-order valence-corrected chi connectivity index (χ0v) is 8.60. The molecule has 1 heterocycles. The summed E-state index contributed by atoms with van der Waals surface area (Å²) in [5, 5.41) is 13.2. The number of aryl methyl sites for hydroxylation is 1. The molecule has 1 fully saturated rings. The summed E-state index contributed by atoms with van der Waals surface area (Å²) >= 11 is 0. The fourth-order valence-corrected chi connectivity index (χ4v) is 1.66. The maximum atomic E-state index is 10.8. The first-order valence-corrected chi connectivity index (χ1v) is 4.76. The standard InChI is InChI=1S/C10H10N2O4/c1-6-4-7(2-3-9(6)12(14)15)8-5-16-10(13)11-8/h2-4,8H,5H2,1H3,(H,11,13). The summed E-state index contributed by atoms with van der Waals surface area (Å²) in [4.78, 5) is 21.0. The van der Waals surface area contributed by atoms with Crippen molar-refractivity contribution in [1.29, 1.82) is 0 Å². The molecule has 0 aliphatic carbocycles. The smallest absolute Gasteiger partial charge is 0.407 e. The molecule has 6 nitrogen and oxygen atoms in total. The van der Waals surface area contributed by atoms with Crippen molar-refractivity contribution in [2.45, 2.75) is 13.0 Å². The van der Waals surface area contributed by atoms with Crippen LogP contribution in [0, 0.1) is 17.0 Å². The van der Waals surface area contributed by atoms with Crippen molar-refractivity contribution >= 4 is 11.8 Å². The minimum absolute atomic E-state index is 0.0778. The predicted octanol–water partition coefficient (Wildman–Crippen LogP) is 1.68. The van der Waals surface area contributed by atoms with Crippen LogP contribution in [0.3, 0.4) is 0 Å². The highest BCUT2D eigenvalue weighted by atomic mass is 16.6. The molecule has 6 heteroatoms. The van der Waals surface area contributed by atoms with Gasteiger partial charge in [0.25, 0.3) is 5.69 Å². The lowest BCUT2D eigenvalue weighted by molar-refractivity contribution is -0.385. The van der Waals surface area contributed by atoms with E-state index in [-0.39, 0.29) is 18.3 Å². The van der Waals surface area contributed by atoms with E-state index in [9.17, 15) is 14.9 Å². The number of amides is 1. The third-order valence-corrected chi connectivity index (χ3v) is 2.49. The molecule has 0 radical (unpaired) electrons. The van der Waals surface area contributed by atoms with Crippen molar-refractivity contribution in [3.05, 3.63) is 39.4 Å². The van der Waals surface area contributed by atoms with Crippen LogP contribution in [0.15, 0.2) is 18.2 Å². The summed E-state index contributed by atoms with van der Waals surface area (Å²) in [6, 6.07) is 4.55. The predicted molar refractivity (Wildman–Crippen MR) is 55.1 cm³/mol. The molecule has 0 spiro atoms. The highest BCUT2D eigenvalue weighted by Gasteiger charge is 2.24. The largest absolute Gasteiger partial charge is 0.447 e. The number of nitro groups is 1. The number of nitro benzene ring substituents is 1. The number of nitrogens with zero attached hydrogens (tertiary/aromatic N) is 1. The molecule has 1 saturated heterocycles. The third kappa shape index (κ3) is 1.81. The van der Waals surface area contributed by atoms with E-state index in [0.29, 0.717) is 5.56 Å². The average molecular weight is 222 g/mol. The first-order valence-electron chi connectivity index (χ1n) is 4.76. The maximum Gasteiger partial charge on any atom is 0.407 e. The normalized spacial score (nSPS) is 19.1. The van der Waals surface area contributed by atoms with Crippen LogP contribution in [0.5, 0.6) is 0 Å². The Balaban J connectivity index is 2.27. The number of cyclic esters (lactones) is 1. The van der Waals surface area contributed by atoms with E-state index in [2.05, 4.69) is 5.32 Å². The Hall–Kier alpha value is -2.11. The molecule has 1 aromatic carbocycles. The molecule has 0 aromatic heterocycles. The summed E-state index contributed by atoms with van der Waals surface area (Å²) < 4.78 is 4.75. The fourth-order valence-electron chi connectivity index (χ4n) is 1.66. The van der Waals surface area contributed by atoms with Crippen LogP contribution in [0.2, 0.25) is 0 Å². The summed E-state index contributed by atoms with van der Waals surface area (Å²) in [6.45, 7) is 1.93. The van der Waals surface area contributed by atoms with Crippen LogP contribution < -0.4 is 5.32 Å². The van der Waals surface area contributed by atoms with Gasteiger partial charge in [-0.2, -0.15) is 0 Å². The highest BCUT2D eigenvalue weighted by Crippen LogP contribution is 2.24. The van der Waals surface area contributed by atoms with Gasteiger partial charge in [0.15, 0.2) is 0 Å². The van der Waals surface area contributed by atoms with Gasteiger partial charge in [0.1, 0.15) is 6.61 Å². The SMILES string of the molecule is Cc1cc(C2COC(=O)N2)ccc1[N+](=O)[O-]. The van der Waals surface area contributed by atoms with Crippen LogP contribution in [-0.2, 0) is 4.74 Å². The molecule has 1 aliphatic heterocycles. The Morgan fingerprint density at radius 3 is 2.81 bits per heavy atom. The van der Waals surface area contributed by atoms with Gasteiger partial charge in [0.2, 0.25) is 0 Å². The van der Waals surface area contributed by atoms with E-state index in [1.54, 1.807) is 19.1 Å². The van der Waals surface area contributed by atoms with Gasteiger partial charge < -0.3 is 10.1 Å². The topological polar surface area (TPSA) is 81.5 Å². The number of rotatable bonds is 2. The van der Waals surface area contributed by atoms with Crippen molar-refractivity contribution in [1.82, 2.24) is 5.32 Å². The van der Waals surface area contributed by atoms with E-state index in [4.69, 9.17) is 4.74 Å². The highest BCUT2D eigenvalue weighted by molar-refractivity contribution is 5.70. The maximum absolute atomic E-state index is 10.8. The molecule has 1 aromatic rings. The summed E-state index contributed by atoms with van der Waals surface area (Å²) in [5.41, 5.74) is 1.46. The van der Waals surface area contributed by atoms with Gasteiger partial charge in [-0.3, -0.25) is 10.1 Å². The second kappa shape index (κ2) is 3.80. The second-order valence-electron chi connectivity index (χ2n) is 3.60. The summed E-state index contributed by atoms with van der Waals surface area (Å²) in [7, 11) is 0. The number of alkyl carbamates (subject to hydrolysis) is 1. The van der Waals surface area contributed by atoms with Crippen LogP contribution in [0.4, 0.5) is 10.5 Å². The average Bonchev–Trinajstić information content (AvgIpc) is 2.64.